The highest BCUT2D eigenvalue weighted by molar-refractivity contribution is 5.87. The molecule has 0 aromatic heterocycles. The van der Waals surface area contributed by atoms with Gasteiger partial charge in [0, 0.05) is 13.0 Å². The van der Waals surface area contributed by atoms with Crippen molar-refractivity contribution < 1.29 is 9.59 Å². The van der Waals surface area contributed by atoms with E-state index in [1.165, 1.54) is 96.3 Å². The Hall–Kier alpha value is -1.06. The minimum absolute atomic E-state index is 0.00417. The summed E-state index contributed by atoms with van der Waals surface area (Å²) in [6.45, 7) is 6.98. The molecule has 30 heavy (non-hydrogen) atoms. The maximum absolute atomic E-state index is 12.1. The molecule has 0 aliphatic carbocycles. The Morgan fingerprint density at radius 2 is 1.00 bits per heavy atom. The Morgan fingerprint density at radius 3 is 1.47 bits per heavy atom. The molecule has 2 amide bonds. The number of hydrogen-bond acceptors (Lipinski definition) is 2. The summed E-state index contributed by atoms with van der Waals surface area (Å²) in [4.78, 5) is 24.1. The van der Waals surface area contributed by atoms with E-state index in [0.717, 1.165) is 19.3 Å². The molecule has 0 aromatic rings. The third kappa shape index (κ3) is 20.2. The summed E-state index contributed by atoms with van der Waals surface area (Å²) in [6, 6.07) is -0.435. The third-order valence-electron chi connectivity index (χ3n) is 5.86. The van der Waals surface area contributed by atoms with Gasteiger partial charge in [0.2, 0.25) is 11.8 Å². The second-order valence-corrected chi connectivity index (χ2v) is 8.99. The molecule has 0 saturated carbocycles. The molecule has 0 radical (unpaired) electrons. The average Bonchev–Trinajstić information content (AvgIpc) is 2.73. The fourth-order valence-corrected chi connectivity index (χ4v) is 3.78. The van der Waals surface area contributed by atoms with Crippen molar-refractivity contribution in [1.29, 1.82) is 0 Å². The molecule has 0 heterocycles. The zero-order valence-electron chi connectivity index (χ0n) is 20.5. The molecular formula is C26H52N2O2. The van der Waals surface area contributed by atoms with Gasteiger partial charge >= 0.3 is 0 Å². The van der Waals surface area contributed by atoms with E-state index in [1.54, 1.807) is 6.92 Å². The van der Waals surface area contributed by atoms with E-state index in [0.29, 0.717) is 13.0 Å². The van der Waals surface area contributed by atoms with Crippen molar-refractivity contribution in [2.45, 2.75) is 149 Å². The topological polar surface area (TPSA) is 58.2 Å². The lowest BCUT2D eigenvalue weighted by Crippen LogP contribution is -2.45. The van der Waals surface area contributed by atoms with Gasteiger partial charge in [-0.2, -0.15) is 0 Å². The van der Waals surface area contributed by atoms with E-state index in [2.05, 4.69) is 24.5 Å². The van der Waals surface area contributed by atoms with Crippen LogP contribution in [0.3, 0.4) is 0 Å². The van der Waals surface area contributed by atoms with Crippen LogP contribution in [-0.4, -0.2) is 24.4 Å². The van der Waals surface area contributed by atoms with Gasteiger partial charge in [-0.05, 0) is 19.8 Å². The summed E-state index contributed by atoms with van der Waals surface area (Å²) >= 11 is 0. The summed E-state index contributed by atoms with van der Waals surface area (Å²) in [7, 11) is 0. The fraction of sp³-hybridized carbons (Fsp3) is 0.923. The van der Waals surface area contributed by atoms with E-state index >= 15 is 0 Å². The van der Waals surface area contributed by atoms with Gasteiger partial charge in [-0.1, -0.05) is 117 Å². The highest BCUT2D eigenvalue weighted by atomic mass is 16.2. The third-order valence-corrected chi connectivity index (χ3v) is 5.86. The van der Waals surface area contributed by atoms with Crippen molar-refractivity contribution in [1.82, 2.24) is 10.6 Å². The van der Waals surface area contributed by atoms with Crippen LogP contribution in [0.15, 0.2) is 0 Å². The first kappa shape index (κ1) is 28.9. The van der Waals surface area contributed by atoms with Crippen molar-refractivity contribution >= 4 is 11.8 Å². The van der Waals surface area contributed by atoms with Gasteiger partial charge in [-0.15, -0.1) is 0 Å². The molecule has 178 valence electrons. The van der Waals surface area contributed by atoms with Gasteiger partial charge < -0.3 is 10.6 Å². The smallest absolute Gasteiger partial charge is 0.242 e. The van der Waals surface area contributed by atoms with Gasteiger partial charge in [0.05, 0.1) is 0 Å². The van der Waals surface area contributed by atoms with Crippen LogP contribution in [0.1, 0.15) is 143 Å². The summed E-state index contributed by atoms with van der Waals surface area (Å²) in [5.41, 5.74) is 0. The quantitative estimate of drug-likeness (QED) is 0.183. The Balaban J connectivity index is 3.48. The number of rotatable bonds is 22. The van der Waals surface area contributed by atoms with Gasteiger partial charge in [-0.25, -0.2) is 0 Å². The maximum atomic E-state index is 12.1. The number of amides is 2. The summed E-state index contributed by atoms with van der Waals surface area (Å²) in [5, 5.41) is 5.79. The molecule has 0 bridgehead atoms. The van der Waals surface area contributed by atoms with Crippen molar-refractivity contribution in [3.8, 4) is 0 Å². The van der Waals surface area contributed by atoms with Gasteiger partial charge in [0.15, 0.2) is 0 Å². The van der Waals surface area contributed by atoms with E-state index in [1.807, 2.05) is 0 Å². The van der Waals surface area contributed by atoms with Crippen LogP contribution < -0.4 is 10.6 Å². The number of nitrogens with one attached hydrogen (secondary N) is 2. The molecule has 0 rings (SSSR count). The van der Waals surface area contributed by atoms with Crippen LogP contribution in [0.5, 0.6) is 0 Å². The first-order valence-corrected chi connectivity index (χ1v) is 13.2. The second-order valence-electron chi connectivity index (χ2n) is 8.99. The molecule has 4 heteroatoms. The minimum Gasteiger partial charge on any atom is -0.354 e. The van der Waals surface area contributed by atoms with Gasteiger partial charge in [0.25, 0.3) is 0 Å². The molecule has 0 spiro atoms. The first-order chi connectivity index (χ1) is 14.6. The van der Waals surface area contributed by atoms with Crippen molar-refractivity contribution in [2.75, 3.05) is 6.54 Å². The first-order valence-electron chi connectivity index (χ1n) is 13.2. The zero-order valence-corrected chi connectivity index (χ0v) is 20.5. The molecule has 0 saturated heterocycles. The fourth-order valence-electron chi connectivity index (χ4n) is 3.78. The van der Waals surface area contributed by atoms with E-state index in [4.69, 9.17) is 0 Å². The van der Waals surface area contributed by atoms with Crippen molar-refractivity contribution in [3.63, 3.8) is 0 Å². The molecular weight excluding hydrogens is 372 g/mol. The average molecular weight is 425 g/mol. The maximum Gasteiger partial charge on any atom is 0.242 e. The Kier molecular flexibility index (Phi) is 21.8. The SMILES string of the molecule is CCCCCCCCCCCCCC(=O)NC(C)C(=O)NCCCCCCCCC. The van der Waals surface area contributed by atoms with Crippen LogP contribution in [0.25, 0.3) is 0 Å². The number of carbonyl (C=O) groups excluding carboxylic acids is 2. The molecule has 4 nitrogen and oxygen atoms in total. The lowest BCUT2D eigenvalue weighted by molar-refractivity contribution is -0.128. The Morgan fingerprint density at radius 1 is 0.600 bits per heavy atom. The molecule has 0 aliphatic rings. The van der Waals surface area contributed by atoms with Crippen LogP contribution in [0, 0.1) is 0 Å². The second kappa shape index (κ2) is 22.6. The molecule has 0 fully saturated rings. The molecule has 1 atom stereocenters. The number of unbranched alkanes of at least 4 members (excludes halogenated alkanes) is 16. The zero-order chi connectivity index (χ0) is 22.3. The summed E-state index contributed by atoms with van der Waals surface area (Å²) < 4.78 is 0. The highest BCUT2D eigenvalue weighted by Crippen LogP contribution is 2.12. The molecule has 1 unspecified atom stereocenters. The van der Waals surface area contributed by atoms with Crippen LogP contribution in [0.4, 0.5) is 0 Å². The van der Waals surface area contributed by atoms with Crippen LogP contribution in [-0.2, 0) is 9.59 Å². The molecule has 0 aromatic carbocycles. The predicted molar refractivity (Wildman–Crippen MR) is 130 cm³/mol. The Bertz CT molecular complexity index is 398. The molecule has 0 aliphatic heterocycles. The molecule has 2 N–H and O–H groups in total. The predicted octanol–water partition coefficient (Wildman–Crippen LogP) is 7.06. The number of carbonyl (C=O) groups is 2. The lowest BCUT2D eigenvalue weighted by Gasteiger charge is -2.14. The standard InChI is InChI=1S/C26H52N2O2/c1-4-6-8-10-12-13-14-15-16-18-20-22-25(29)28-24(3)26(30)27-23-21-19-17-11-9-7-5-2/h24H,4-23H2,1-3H3,(H,27,30)(H,28,29). The van der Waals surface area contributed by atoms with Gasteiger partial charge in [0.1, 0.15) is 6.04 Å². The van der Waals surface area contributed by atoms with E-state index in [9.17, 15) is 9.59 Å². The van der Waals surface area contributed by atoms with E-state index < -0.39 is 6.04 Å². The van der Waals surface area contributed by atoms with Crippen LogP contribution >= 0.6 is 0 Å². The van der Waals surface area contributed by atoms with Crippen molar-refractivity contribution in [2.24, 2.45) is 0 Å². The summed E-state index contributed by atoms with van der Waals surface area (Å²) in [6.07, 6.45) is 23.3. The minimum atomic E-state index is -0.435. The van der Waals surface area contributed by atoms with E-state index in [-0.39, 0.29) is 11.8 Å². The monoisotopic (exact) mass is 424 g/mol. The van der Waals surface area contributed by atoms with Gasteiger partial charge in [-0.3, -0.25) is 9.59 Å². The highest BCUT2D eigenvalue weighted by Gasteiger charge is 2.14. The Labute approximate surface area is 187 Å². The largest absolute Gasteiger partial charge is 0.354 e. The summed E-state index contributed by atoms with van der Waals surface area (Å²) in [5.74, 6) is -0.0576. The normalized spacial score (nSPS) is 12.0. The van der Waals surface area contributed by atoms with Crippen molar-refractivity contribution in [3.05, 3.63) is 0 Å². The number of hydrogen-bond donors (Lipinski definition) is 2. The van der Waals surface area contributed by atoms with Crippen LogP contribution in [0.2, 0.25) is 0 Å². The lowest BCUT2D eigenvalue weighted by atomic mass is 10.1.